The first-order chi connectivity index (χ1) is 13.1. The van der Waals surface area contributed by atoms with Crippen LogP contribution in [0.3, 0.4) is 0 Å². The van der Waals surface area contributed by atoms with E-state index in [1.54, 1.807) is 30.3 Å². The van der Waals surface area contributed by atoms with Crippen LogP contribution in [0.25, 0.3) is 0 Å². The van der Waals surface area contributed by atoms with Crippen molar-refractivity contribution >= 4 is 17.2 Å². The Bertz CT molecular complexity index is 1030. The van der Waals surface area contributed by atoms with Gasteiger partial charge in [-0.1, -0.05) is 35.6 Å². The molecule has 27 heavy (non-hydrogen) atoms. The van der Waals surface area contributed by atoms with Gasteiger partial charge in [-0.15, -0.1) is 0 Å². The van der Waals surface area contributed by atoms with E-state index in [1.807, 2.05) is 18.2 Å². The van der Waals surface area contributed by atoms with Gasteiger partial charge in [-0.3, -0.25) is 14.6 Å². The maximum Gasteiger partial charge on any atom is 0.307 e. The highest BCUT2D eigenvalue weighted by Crippen LogP contribution is 2.24. The first-order valence-electron chi connectivity index (χ1n) is 8.28. The van der Waals surface area contributed by atoms with E-state index in [2.05, 4.69) is 10.3 Å². The van der Waals surface area contributed by atoms with Gasteiger partial charge in [0.25, 0.3) is 5.91 Å². The number of nitrogens with one attached hydrogen (secondary N) is 2. The molecule has 1 unspecified atom stereocenters. The number of para-hydroxylation sites is 1. The summed E-state index contributed by atoms with van der Waals surface area (Å²) in [6.07, 6.45) is -0.116. The number of ether oxygens (including phenoxy) is 2. The van der Waals surface area contributed by atoms with Gasteiger partial charge in [-0.2, -0.15) is 0 Å². The van der Waals surface area contributed by atoms with Gasteiger partial charge in [0.15, 0.2) is 0 Å². The van der Waals surface area contributed by atoms with Gasteiger partial charge in [-0.05, 0) is 29.8 Å². The Morgan fingerprint density at radius 2 is 1.89 bits per heavy atom. The summed E-state index contributed by atoms with van der Waals surface area (Å²) in [5.41, 5.74) is 1.44. The fourth-order valence-corrected chi connectivity index (χ4v) is 3.53. The van der Waals surface area contributed by atoms with Crippen LogP contribution in [-0.4, -0.2) is 28.8 Å². The van der Waals surface area contributed by atoms with Gasteiger partial charge < -0.3 is 19.9 Å². The van der Waals surface area contributed by atoms with Gasteiger partial charge >= 0.3 is 4.87 Å². The van der Waals surface area contributed by atoms with Crippen LogP contribution in [-0.2, 0) is 6.42 Å². The van der Waals surface area contributed by atoms with Crippen molar-refractivity contribution in [1.29, 1.82) is 0 Å². The molecule has 1 aliphatic heterocycles. The van der Waals surface area contributed by atoms with E-state index >= 15 is 0 Å². The van der Waals surface area contributed by atoms with E-state index < -0.39 is 6.23 Å². The average molecular weight is 384 g/mol. The molecule has 0 fully saturated rings. The fraction of sp³-hybridized carbons (Fsp3) is 0.158. The van der Waals surface area contributed by atoms with Crippen LogP contribution in [0.1, 0.15) is 20.8 Å². The van der Waals surface area contributed by atoms with Crippen molar-refractivity contribution in [3.63, 3.8) is 0 Å². The van der Waals surface area contributed by atoms with Crippen LogP contribution >= 0.6 is 11.3 Å². The van der Waals surface area contributed by atoms with Crippen LogP contribution in [0.15, 0.2) is 53.3 Å². The quantitative estimate of drug-likeness (QED) is 0.626. The Labute approximate surface area is 158 Å². The van der Waals surface area contributed by atoms with Crippen LogP contribution in [0.4, 0.5) is 0 Å². The third kappa shape index (κ3) is 3.80. The minimum atomic E-state index is -0.568. The van der Waals surface area contributed by atoms with Crippen LogP contribution < -0.4 is 19.7 Å². The fourth-order valence-electron chi connectivity index (χ4n) is 2.77. The molecule has 1 amide bonds. The van der Waals surface area contributed by atoms with Crippen LogP contribution in [0, 0.1) is 0 Å². The zero-order chi connectivity index (χ0) is 18.8. The summed E-state index contributed by atoms with van der Waals surface area (Å²) in [5, 5.41) is 12.4. The van der Waals surface area contributed by atoms with E-state index in [0.29, 0.717) is 28.4 Å². The van der Waals surface area contributed by atoms with E-state index in [4.69, 9.17) is 9.47 Å². The van der Waals surface area contributed by atoms with Gasteiger partial charge in [0.05, 0.1) is 10.4 Å². The highest BCUT2D eigenvalue weighted by Gasteiger charge is 2.25. The lowest BCUT2D eigenvalue weighted by Gasteiger charge is -2.26. The third-order valence-electron chi connectivity index (χ3n) is 4.08. The number of carbonyl (C=O) groups is 1. The second-order valence-corrected chi connectivity index (χ2v) is 7.06. The summed E-state index contributed by atoms with van der Waals surface area (Å²) in [5.74, 6) is 0.888. The highest BCUT2D eigenvalue weighted by atomic mass is 32.1. The van der Waals surface area contributed by atoms with Crippen molar-refractivity contribution in [3.8, 4) is 17.4 Å². The van der Waals surface area contributed by atoms with Crippen molar-refractivity contribution in [3.05, 3.63) is 74.2 Å². The number of fused-ring (bicyclic) bond motifs is 1. The molecule has 4 rings (SSSR count). The Morgan fingerprint density at radius 3 is 2.63 bits per heavy atom. The monoisotopic (exact) mass is 384 g/mol. The molecule has 0 aliphatic carbocycles. The topological polar surface area (TPSA) is 101 Å². The Hall–Kier alpha value is -3.26. The highest BCUT2D eigenvalue weighted by molar-refractivity contribution is 7.09. The number of aromatic amines is 1. The van der Waals surface area contributed by atoms with E-state index in [-0.39, 0.29) is 23.3 Å². The van der Waals surface area contributed by atoms with Gasteiger partial charge in [0.1, 0.15) is 18.1 Å². The predicted molar refractivity (Wildman–Crippen MR) is 99.7 cm³/mol. The number of hydrogen-bond donors (Lipinski definition) is 3. The Kier molecular flexibility index (Phi) is 4.55. The van der Waals surface area contributed by atoms with E-state index in [0.717, 1.165) is 16.9 Å². The zero-order valence-electron chi connectivity index (χ0n) is 14.1. The summed E-state index contributed by atoms with van der Waals surface area (Å²) in [6, 6.07) is 14.4. The maximum atomic E-state index is 12.1. The molecule has 1 atom stereocenters. The lowest BCUT2D eigenvalue weighted by atomic mass is 10.1. The summed E-state index contributed by atoms with van der Waals surface area (Å²) < 4.78 is 11.4. The number of rotatable bonds is 5. The molecule has 3 N–H and O–H groups in total. The summed E-state index contributed by atoms with van der Waals surface area (Å²) in [4.78, 5) is 26.0. The number of amides is 1. The van der Waals surface area contributed by atoms with Crippen molar-refractivity contribution < 1.29 is 19.4 Å². The van der Waals surface area contributed by atoms with Gasteiger partial charge in [0.2, 0.25) is 12.1 Å². The number of H-pyrrole nitrogens is 1. The van der Waals surface area contributed by atoms with Crippen LogP contribution in [0.2, 0.25) is 0 Å². The standard InChI is InChI=1S/C19H16N2O5S/c22-17-13-3-1-2-4-14(13)26-16(20-17)10-25-12-7-5-11(6-8-12)9-15-18(23)21-19(24)27-15/h1-8,16,23H,9-10H2,(H,20,22)(H,21,24). The van der Waals surface area contributed by atoms with E-state index in [1.165, 1.54) is 0 Å². The predicted octanol–water partition coefficient (Wildman–Crippen LogP) is 2.26. The Morgan fingerprint density at radius 1 is 1.11 bits per heavy atom. The smallest absolute Gasteiger partial charge is 0.307 e. The average Bonchev–Trinajstić information content (AvgIpc) is 2.98. The molecule has 0 radical (unpaired) electrons. The number of aromatic nitrogens is 1. The largest absolute Gasteiger partial charge is 0.494 e. The first kappa shape index (κ1) is 17.2. The number of thiazole rings is 1. The van der Waals surface area contributed by atoms with Crippen molar-refractivity contribution in [2.24, 2.45) is 0 Å². The molecule has 1 aromatic heterocycles. The number of aromatic hydroxyl groups is 1. The molecule has 138 valence electrons. The minimum absolute atomic E-state index is 0.0872. The molecular weight excluding hydrogens is 368 g/mol. The van der Waals surface area contributed by atoms with E-state index in [9.17, 15) is 14.7 Å². The Balaban J connectivity index is 1.36. The molecular formula is C19H16N2O5S. The second-order valence-electron chi connectivity index (χ2n) is 5.99. The minimum Gasteiger partial charge on any atom is -0.494 e. The molecule has 0 saturated carbocycles. The third-order valence-corrected chi connectivity index (χ3v) is 4.95. The summed E-state index contributed by atoms with van der Waals surface area (Å²) in [6.45, 7) is 0.166. The van der Waals surface area contributed by atoms with Crippen molar-refractivity contribution in [2.45, 2.75) is 12.6 Å². The summed E-state index contributed by atoms with van der Waals surface area (Å²) in [7, 11) is 0. The molecule has 0 bridgehead atoms. The second kappa shape index (κ2) is 7.16. The number of benzene rings is 2. The first-order valence-corrected chi connectivity index (χ1v) is 9.09. The van der Waals surface area contributed by atoms with Crippen molar-refractivity contribution in [1.82, 2.24) is 10.3 Å². The number of hydrogen-bond acceptors (Lipinski definition) is 6. The molecule has 1 aliphatic rings. The van der Waals surface area contributed by atoms with Gasteiger partial charge in [-0.25, -0.2) is 0 Å². The van der Waals surface area contributed by atoms with Gasteiger partial charge in [0, 0.05) is 6.42 Å². The normalized spacial score (nSPS) is 15.6. The molecule has 0 saturated heterocycles. The van der Waals surface area contributed by atoms with Crippen molar-refractivity contribution in [2.75, 3.05) is 6.61 Å². The zero-order valence-corrected chi connectivity index (χ0v) is 14.9. The molecule has 2 aromatic carbocycles. The number of carbonyl (C=O) groups excluding carboxylic acids is 1. The molecule has 2 heterocycles. The maximum absolute atomic E-state index is 12.1. The van der Waals surface area contributed by atoms with Crippen LogP contribution in [0.5, 0.6) is 17.4 Å². The molecule has 8 heteroatoms. The molecule has 7 nitrogen and oxygen atoms in total. The lowest BCUT2D eigenvalue weighted by Crippen LogP contribution is -2.46. The molecule has 0 spiro atoms. The summed E-state index contributed by atoms with van der Waals surface area (Å²) >= 11 is 0.988. The lowest BCUT2D eigenvalue weighted by molar-refractivity contribution is 0.0612. The molecule has 3 aromatic rings. The SMILES string of the molecule is O=C1NC(COc2ccc(Cc3sc(=O)[nH]c3O)cc2)Oc2ccccc21.